The monoisotopic (exact) mass is 284 g/mol. The first-order valence-corrected chi connectivity index (χ1v) is 7.49. The highest BCUT2D eigenvalue weighted by Crippen LogP contribution is 2.31. The average Bonchev–Trinajstić information content (AvgIpc) is 2.25. The maximum Gasteiger partial charge on any atom is 0.335 e. The molecule has 1 N–H and O–H groups in total. The van der Waals surface area contributed by atoms with Crippen LogP contribution in [0.25, 0.3) is 0 Å². The molecule has 0 aliphatic carbocycles. The number of hydrogen-bond donors (Lipinski definition) is 1. The molecule has 0 amide bonds. The third-order valence-electron chi connectivity index (χ3n) is 2.73. The van der Waals surface area contributed by atoms with Crippen LogP contribution in [0.15, 0.2) is 18.2 Å². The summed E-state index contributed by atoms with van der Waals surface area (Å²) in [6, 6.07) is 3.95. The van der Waals surface area contributed by atoms with E-state index in [2.05, 4.69) is 20.8 Å². The minimum Gasteiger partial charge on any atom is -0.478 e. The van der Waals surface area contributed by atoms with Crippen molar-refractivity contribution in [2.45, 2.75) is 45.3 Å². The molecule has 0 aliphatic heterocycles. The fourth-order valence-electron chi connectivity index (χ4n) is 1.61. The molecule has 0 fully saturated rings. The quantitative estimate of drug-likeness (QED) is 0.864. The minimum absolute atomic E-state index is 0.0508. The molecule has 0 saturated carbocycles. The number of halogens is 1. The Labute approximate surface area is 115 Å². The molecule has 1 aromatic rings. The lowest BCUT2D eigenvalue weighted by Crippen LogP contribution is -2.28. The van der Waals surface area contributed by atoms with E-state index in [0.29, 0.717) is 5.56 Å². The normalized spacial score (nSPS) is 13.2. The van der Waals surface area contributed by atoms with Gasteiger partial charge in [0, 0.05) is 5.56 Å². The predicted molar refractivity (Wildman–Crippen MR) is 75.7 cm³/mol. The minimum atomic E-state index is -1.13. The van der Waals surface area contributed by atoms with E-state index in [4.69, 9.17) is 9.53 Å². The van der Waals surface area contributed by atoms with Crippen molar-refractivity contribution in [1.29, 1.82) is 0 Å². The van der Waals surface area contributed by atoms with Gasteiger partial charge in [0.15, 0.2) is 9.76 Å². The van der Waals surface area contributed by atoms with Crippen molar-refractivity contribution < 1.29 is 18.7 Å². The Kier molecular flexibility index (Phi) is 4.53. The first-order valence-electron chi connectivity index (χ1n) is 6.20. The van der Waals surface area contributed by atoms with E-state index < -0.39 is 27.2 Å². The fourth-order valence-corrected chi connectivity index (χ4v) is 2.56. The summed E-state index contributed by atoms with van der Waals surface area (Å²) in [5.74, 6) is -1.67. The zero-order chi connectivity index (χ0) is 14.8. The van der Waals surface area contributed by atoms with Crippen molar-refractivity contribution >= 4 is 15.7 Å². The summed E-state index contributed by atoms with van der Waals surface area (Å²) in [5.41, 5.74) is -0.389. The Balaban J connectivity index is 2.98. The van der Waals surface area contributed by atoms with Gasteiger partial charge >= 0.3 is 5.97 Å². The largest absolute Gasteiger partial charge is 0.478 e. The van der Waals surface area contributed by atoms with Crippen molar-refractivity contribution in [3.8, 4) is 0 Å². The van der Waals surface area contributed by atoms with Crippen LogP contribution in [0.2, 0.25) is 5.04 Å². The molecule has 0 aliphatic rings. The van der Waals surface area contributed by atoms with E-state index in [0.717, 1.165) is 6.07 Å². The Morgan fingerprint density at radius 3 is 2.26 bits per heavy atom. The second-order valence-corrected chi connectivity index (χ2v) is 9.06. The smallest absolute Gasteiger partial charge is 0.335 e. The zero-order valence-electron chi connectivity index (χ0n) is 12.1. The van der Waals surface area contributed by atoms with Gasteiger partial charge in [-0.15, -0.1) is 0 Å². The maximum atomic E-state index is 14.0. The van der Waals surface area contributed by atoms with E-state index in [1.807, 2.05) is 13.8 Å². The van der Waals surface area contributed by atoms with Gasteiger partial charge in [0.05, 0.1) is 11.2 Å². The zero-order valence-corrected chi connectivity index (χ0v) is 13.5. The van der Waals surface area contributed by atoms with Gasteiger partial charge in [0.1, 0.15) is 5.82 Å². The predicted octanol–water partition coefficient (Wildman–Crippen LogP) is 3.08. The lowest BCUT2D eigenvalue weighted by Gasteiger charge is -2.30. The van der Waals surface area contributed by atoms with Crippen LogP contribution in [0.1, 0.15) is 50.5 Å². The molecule has 1 aromatic carbocycles. The van der Waals surface area contributed by atoms with Crippen LogP contribution in [0.3, 0.4) is 0 Å². The molecule has 0 aromatic heterocycles. The van der Waals surface area contributed by atoms with Gasteiger partial charge in [-0.25, -0.2) is 9.18 Å². The highest BCUT2D eigenvalue weighted by molar-refractivity contribution is 6.31. The Morgan fingerprint density at radius 2 is 1.84 bits per heavy atom. The summed E-state index contributed by atoms with van der Waals surface area (Å²) in [4.78, 5) is 10.8. The van der Waals surface area contributed by atoms with Gasteiger partial charge in [0.25, 0.3) is 0 Å². The molecule has 0 atom stereocenters. The van der Waals surface area contributed by atoms with E-state index in [1.165, 1.54) is 12.1 Å². The topological polar surface area (TPSA) is 46.5 Å². The van der Waals surface area contributed by atoms with E-state index >= 15 is 0 Å². The van der Waals surface area contributed by atoms with E-state index in [1.54, 1.807) is 0 Å². The van der Waals surface area contributed by atoms with Crippen molar-refractivity contribution in [3.05, 3.63) is 35.1 Å². The third-order valence-corrected chi connectivity index (χ3v) is 4.46. The fraction of sp³-hybridized carbons (Fsp3) is 0.500. The lowest BCUT2D eigenvalue weighted by atomic mass is 9.96. The maximum absolute atomic E-state index is 14.0. The second kappa shape index (κ2) is 5.42. The van der Waals surface area contributed by atoms with E-state index in [-0.39, 0.29) is 10.6 Å². The van der Waals surface area contributed by atoms with Gasteiger partial charge in [-0.05, 0) is 31.0 Å². The molecular formula is C14H21FO3Si. The number of benzene rings is 1. The molecule has 0 heterocycles. The molecule has 0 bridgehead atoms. The van der Waals surface area contributed by atoms with Crippen molar-refractivity contribution in [2.75, 3.05) is 0 Å². The average molecular weight is 284 g/mol. The van der Waals surface area contributed by atoms with E-state index in [9.17, 15) is 9.18 Å². The van der Waals surface area contributed by atoms with Crippen molar-refractivity contribution in [2.24, 2.45) is 0 Å². The number of hydrogen-bond acceptors (Lipinski definition) is 2. The van der Waals surface area contributed by atoms with Crippen LogP contribution in [-0.4, -0.2) is 20.8 Å². The molecule has 5 heteroatoms. The summed E-state index contributed by atoms with van der Waals surface area (Å²) >= 11 is 0. The molecule has 0 unspecified atom stereocenters. The summed E-state index contributed by atoms with van der Waals surface area (Å²) in [6.45, 7) is 9.91. The van der Waals surface area contributed by atoms with Gasteiger partial charge in [-0.1, -0.05) is 26.8 Å². The van der Waals surface area contributed by atoms with Gasteiger partial charge in [-0.3, -0.25) is 0 Å². The molecule has 3 nitrogen and oxygen atoms in total. The van der Waals surface area contributed by atoms with Crippen molar-refractivity contribution in [3.63, 3.8) is 0 Å². The van der Waals surface area contributed by atoms with Crippen LogP contribution >= 0.6 is 0 Å². The molecular weight excluding hydrogens is 263 g/mol. The summed E-state index contributed by atoms with van der Waals surface area (Å²) in [7, 11) is -0.823. The van der Waals surface area contributed by atoms with Gasteiger partial charge in [0.2, 0.25) is 0 Å². The Bertz CT molecular complexity index is 478. The molecule has 0 spiro atoms. The van der Waals surface area contributed by atoms with Crippen LogP contribution in [0, 0.1) is 5.82 Å². The third kappa shape index (κ3) is 4.43. The Morgan fingerprint density at radius 1 is 1.26 bits per heavy atom. The summed E-state index contributed by atoms with van der Waals surface area (Å²) in [6.07, 6.45) is 0. The second-order valence-electron chi connectivity index (χ2n) is 6.36. The SMILES string of the molecule is CC(C)(C)[SiH2]OC(C)(C)c1ccc(C(=O)O)cc1F. The number of rotatable bonds is 4. The first kappa shape index (κ1) is 15.9. The number of carboxylic acids is 1. The lowest BCUT2D eigenvalue weighted by molar-refractivity contribution is 0.0694. The van der Waals surface area contributed by atoms with Gasteiger partial charge < -0.3 is 9.53 Å². The van der Waals surface area contributed by atoms with Crippen molar-refractivity contribution in [1.82, 2.24) is 0 Å². The molecule has 106 valence electrons. The Hall–Kier alpha value is -1.20. The summed E-state index contributed by atoms with van der Waals surface area (Å²) in [5, 5.41) is 8.94. The van der Waals surface area contributed by atoms with Crippen LogP contribution in [0.5, 0.6) is 0 Å². The summed E-state index contributed by atoms with van der Waals surface area (Å²) < 4.78 is 19.9. The number of carbonyl (C=O) groups is 1. The highest BCUT2D eigenvalue weighted by atomic mass is 28.2. The molecule has 0 saturated heterocycles. The molecule has 0 radical (unpaired) electrons. The standard InChI is InChI=1S/C14H21FO3Si/c1-13(2,3)19-18-14(4,5)10-7-6-9(12(16)17)8-11(10)15/h6-8H,19H2,1-5H3,(H,16,17). The molecule has 19 heavy (non-hydrogen) atoms. The highest BCUT2D eigenvalue weighted by Gasteiger charge is 2.27. The van der Waals surface area contributed by atoms with Crippen LogP contribution < -0.4 is 0 Å². The number of aromatic carboxylic acids is 1. The number of carboxylic acid groups (broad SMARTS) is 1. The van der Waals surface area contributed by atoms with Crippen LogP contribution in [0.4, 0.5) is 4.39 Å². The van der Waals surface area contributed by atoms with Gasteiger partial charge in [-0.2, -0.15) is 0 Å². The molecule has 1 rings (SSSR count). The van der Waals surface area contributed by atoms with Crippen LogP contribution in [-0.2, 0) is 10.0 Å². The first-order chi connectivity index (χ1) is 8.53.